The van der Waals surface area contributed by atoms with Crippen molar-refractivity contribution in [3.8, 4) is 12.0 Å². The maximum atomic E-state index is 8.99. The Hall–Kier alpha value is -1.33. The number of nitriles is 2. The van der Waals surface area contributed by atoms with Crippen LogP contribution in [0.4, 0.5) is 0 Å². The summed E-state index contributed by atoms with van der Waals surface area (Å²) in [5.41, 5.74) is 0. The molecule has 18 heavy (non-hydrogen) atoms. The molecule has 1 saturated heterocycles. The van der Waals surface area contributed by atoms with Crippen molar-refractivity contribution in [1.82, 2.24) is 4.90 Å². The molecule has 1 rings (SSSR count). The summed E-state index contributed by atoms with van der Waals surface area (Å²) in [6, 6.07) is 2.20. The third kappa shape index (κ3) is 4.16. The van der Waals surface area contributed by atoms with Crippen molar-refractivity contribution < 1.29 is 0 Å². The van der Waals surface area contributed by atoms with Crippen molar-refractivity contribution in [1.29, 1.82) is 10.5 Å². The van der Waals surface area contributed by atoms with Crippen molar-refractivity contribution in [2.75, 3.05) is 13.1 Å². The third-order valence-corrected chi connectivity index (χ3v) is 4.14. The van der Waals surface area contributed by atoms with E-state index >= 15 is 0 Å². The van der Waals surface area contributed by atoms with Gasteiger partial charge in [0.15, 0.2) is 0 Å². The molecule has 3 nitrogen and oxygen atoms in total. The smallest absolute Gasteiger partial charge is 0.271 e. The summed E-state index contributed by atoms with van der Waals surface area (Å²) in [4.78, 5) is 3.03. The second kappa shape index (κ2) is 7.90. The Balaban J connectivity index is 2.68. The van der Waals surface area contributed by atoms with Gasteiger partial charge in [0.25, 0.3) is 6.71 Å². The predicted molar refractivity (Wildman–Crippen MR) is 77.9 cm³/mol. The van der Waals surface area contributed by atoms with Gasteiger partial charge in [-0.15, -0.1) is 0 Å². The monoisotopic (exact) mass is 259 g/mol. The highest BCUT2D eigenvalue weighted by Crippen LogP contribution is 2.30. The van der Waals surface area contributed by atoms with Crippen molar-refractivity contribution in [3.05, 3.63) is 22.1 Å². The Morgan fingerprint density at radius 1 is 1.39 bits per heavy atom. The van der Waals surface area contributed by atoms with Gasteiger partial charge in [0, 0.05) is 19.1 Å². The Morgan fingerprint density at radius 2 is 2.06 bits per heavy atom. The third-order valence-electron chi connectivity index (χ3n) is 2.95. The van der Waals surface area contributed by atoms with Crippen LogP contribution in [0, 0.1) is 22.6 Å². The molecule has 94 valence electrons. The number of allylic oxidation sites excluding steroid dienone is 3. The minimum absolute atomic E-state index is 0.200. The van der Waals surface area contributed by atoms with E-state index in [4.69, 9.17) is 10.5 Å². The second-order valence-electron chi connectivity index (χ2n) is 4.21. The minimum Gasteiger partial charge on any atom is -0.368 e. The topological polar surface area (TPSA) is 50.8 Å². The van der Waals surface area contributed by atoms with Crippen LogP contribution in [0.5, 0.6) is 0 Å². The standard InChI is InChI=1S/C13H18BN3S/c1-3-5-13(18-12(4-2)10-15)17-8-6-14(11-16)7-9-17/h4-5H,3,6-9H2,1-2H3/b12-4-,13-5+. The zero-order chi connectivity index (χ0) is 13.4. The predicted octanol–water partition coefficient (Wildman–Crippen LogP) is 3.27. The maximum absolute atomic E-state index is 8.99. The summed E-state index contributed by atoms with van der Waals surface area (Å²) in [6.45, 7) is 6.02. The first-order valence-corrected chi connectivity index (χ1v) is 7.15. The average Bonchev–Trinajstić information content (AvgIpc) is 2.43. The summed E-state index contributed by atoms with van der Waals surface area (Å²) in [6.07, 6.45) is 6.82. The van der Waals surface area contributed by atoms with E-state index in [1.165, 1.54) is 11.8 Å². The molecule has 1 fully saturated rings. The van der Waals surface area contributed by atoms with Crippen LogP contribution in [0.1, 0.15) is 20.3 Å². The van der Waals surface area contributed by atoms with E-state index in [1.807, 2.05) is 13.0 Å². The van der Waals surface area contributed by atoms with Crippen molar-refractivity contribution in [2.24, 2.45) is 0 Å². The van der Waals surface area contributed by atoms with Gasteiger partial charge in [0.1, 0.15) is 6.07 Å². The molecule has 0 aromatic rings. The van der Waals surface area contributed by atoms with Crippen LogP contribution in [0.15, 0.2) is 22.1 Å². The quantitative estimate of drug-likeness (QED) is 0.574. The van der Waals surface area contributed by atoms with Crippen molar-refractivity contribution in [2.45, 2.75) is 32.9 Å². The molecule has 0 bridgehead atoms. The molecule has 0 spiro atoms. The molecule has 1 heterocycles. The molecule has 0 atom stereocenters. The summed E-state index contributed by atoms with van der Waals surface area (Å²) in [5, 5.41) is 19.1. The summed E-state index contributed by atoms with van der Waals surface area (Å²) in [7, 11) is 0. The molecular weight excluding hydrogens is 241 g/mol. The first kappa shape index (κ1) is 14.7. The molecule has 0 unspecified atom stereocenters. The van der Waals surface area contributed by atoms with Crippen LogP contribution in [-0.4, -0.2) is 24.7 Å². The normalized spacial score (nSPS) is 17.3. The minimum atomic E-state index is 0.200. The fourth-order valence-electron chi connectivity index (χ4n) is 1.90. The highest BCUT2D eigenvalue weighted by atomic mass is 32.2. The molecule has 0 aromatic heterocycles. The Labute approximate surface area is 114 Å². The lowest BCUT2D eigenvalue weighted by Crippen LogP contribution is -2.35. The number of thioether (sulfide) groups is 1. The maximum Gasteiger partial charge on any atom is 0.271 e. The van der Waals surface area contributed by atoms with E-state index < -0.39 is 0 Å². The molecule has 0 aromatic carbocycles. The van der Waals surface area contributed by atoms with Gasteiger partial charge in [0.2, 0.25) is 0 Å². The zero-order valence-electron chi connectivity index (χ0n) is 11.0. The fraction of sp³-hybridized carbons (Fsp3) is 0.538. The highest BCUT2D eigenvalue weighted by Gasteiger charge is 2.24. The van der Waals surface area contributed by atoms with Crippen LogP contribution in [0.25, 0.3) is 0 Å². The highest BCUT2D eigenvalue weighted by molar-refractivity contribution is 8.06. The Kier molecular flexibility index (Phi) is 6.46. The summed E-state index contributed by atoms with van der Waals surface area (Å²) < 4.78 is 0. The summed E-state index contributed by atoms with van der Waals surface area (Å²) >= 11 is 1.53. The van der Waals surface area contributed by atoms with Crippen molar-refractivity contribution in [3.63, 3.8) is 0 Å². The van der Waals surface area contributed by atoms with E-state index in [9.17, 15) is 0 Å². The van der Waals surface area contributed by atoms with Crippen LogP contribution in [-0.2, 0) is 0 Å². The Bertz CT molecular complexity index is 409. The lowest BCUT2D eigenvalue weighted by molar-refractivity contribution is 0.392. The van der Waals surface area contributed by atoms with Crippen LogP contribution < -0.4 is 0 Å². The number of hydrogen-bond donors (Lipinski definition) is 0. The zero-order valence-corrected chi connectivity index (χ0v) is 11.8. The number of hydrogen-bond acceptors (Lipinski definition) is 4. The Morgan fingerprint density at radius 3 is 2.50 bits per heavy atom. The van der Waals surface area contributed by atoms with E-state index in [2.05, 4.69) is 29.9 Å². The molecule has 5 heteroatoms. The lowest BCUT2D eigenvalue weighted by Gasteiger charge is -2.31. The molecule has 1 aliphatic rings. The van der Waals surface area contributed by atoms with Gasteiger partial charge >= 0.3 is 0 Å². The van der Waals surface area contributed by atoms with E-state index in [0.717, 1.165) is 42.1 Å². The SMILES string of the molecule is C/C=C(/C#N)S/C(=C/CC)N1CCB(C#N)CC1. The van der Waals surface area contributed by atoms with Crippen LogP contribution >= 0.6 is 11.8 Å². The second-order valence-corrected chi connectivity index (χ2v) is 5.27. The van der Waals surface area contributed by atoms with E-state index in [-0.39, 0.29) is 6.71 Å². The fourth-order valence-corrected chi connectivity index (χ4v) is 2.85. The van der Waals surface area contributed by atoms with Gasteiger partial charge in [-0.05, 0) is 26.0 Å². The van der Waals surface area contributed by atoms with Crippen LogP contribution in [0.3, 0.4) is 0 Å². The van der Waals surface area contributed by atoms with Gasteiger partial charge in [-0.25, -0.2) is 5.26 Å². The molecular formula is C13H18BN3S. The summed E-state index contributed by atoms with van der Waals surface area (Å²) in [5.74, 6) is 2.34. The molecule has 0 aliphatic carbocycles. The van der Waals surface area contributed by atoms with Gasteiger partial charge in [-0.3, -0.25) is 0 Å². The molecule has 1 aliphatic heterocycles. The molecule has 0 saturated carbocycles. The van der Waals surface area contributed by atoms with Gasteiger partial charge in [-0.1, -0.05) is 30.8 Å². The molecule has 0 amide bonds. The van der Waals surface area contributed by atoms with Gasteiger partial charge < -0.3 is 4.90 Å². The first-order valence-electron chi connectivity index (χ1n) is 6.34. The molecule has 0 radical (unpaired) electrons. The van der Waals surface area contributed by atoms with E-state index in [0.29, 0.717) is 0 Å². The largest absolute Gasteiger partial charge is 0.368 e. The van der Waals surface area contributed by atoms with Gasteiger partial charge in [-0.2, -0.15) is 5.26 Å². The van der Waals surface area contributed by atoms with E-state index in [1.54, 1.807) is 0 Å². The first-order chi connectivity index (χ1) is 8.74. The van der Waals surface area contributed by atoms with Crippen LogP contribution in [0.2, 0.25) is 12.6 Å². The van der Waals surface area contributed by atoms with Gasteiger partial charge in [0.05, 0.1) is 9.93 Å². The molecule has 0 N–H and O–H groups in total. The number of nitrogens with zero attached hydrogens (tertiary/aromatic N) is 3. The lowest BCUT2D eigenvalue weighted by atomic mass is 9.45. The average molecular weight is 259 g/mol. The van der Waals surface area contributed by atoms with Crippen molar-refractivity contribution >= 4 is 18.5 Å². The number of rotatable bonds is 4.